The number of rotatable bonds is 5. The summed E-state index contributed by atoms with van der Waals surface area (Å²) in [5.41, 5.74) is -0.553. The summed E-state index contributed by atoms with van der Waals surface area (Å²) >= 11 is 3.22. The van der Waals surface area contributed by atoms with Gasteiger partial charge >= 0.3 is 5.97 Å². The number of nitrogens with zero attached hydrogens (tertiary/aromatic N) is 1. The molecule has 0 fully saturated rings. The molecule has 6 heteroatoms. The van der Waals surface area contributed by atoms with E-state index in [0.29, 0.717) is 16.5 Å². The summed E-state index contributed by atoms with van der Waals surface area (Å²) in [5.74, 6) is -1.25. The molecule has 1 amide bonds. The molecule has 1 heterocycles. The number of halogens is 1. The van der Waals surface area contributed by atoms with Crippen LogP contribution in [0.4, 0.5) is 0 Å². The van der Waals surface area contributed by atoms with E-state index in [1.54, 1.807) is 26.1 Å². The maximum absolute atomic E-state index is 11.8. The van der Waals surface area contributed by atoms with Gasteiger partial charge in [0, 0.05) is 23.4 Å². The molecule has 98 valence electrons. The van der Waals surface area contributed by atoms with Crippen molar-refractivity contribution in [3.63, 3.8) is 0 Å². The lowest BCUT2D eigenvalue weighted by molar-refractivity contribution is -0.147. The largest absolute Gasteiger partial charge is 0.481 e. The number of carboxylic acids is 1. The smallest absolute Gasteiger partial charge is 0.311 e. The molecule has 0 aromatic carbocycles. The molecule has 0 saturated carbocycles. The van der Waals surface area contributed by atoms with Crippen LogP contribution in [-0.2, 0) is 4.79 Å². The van der Waals surface area contributed by atoms with Gasteiger partial charge in [0.2, 0.25) is 0 Å². The van der Waals surface area contributed by atoms with E-state index in [4.69, 9.17) is 5.11 Å². The lowest BCUT2D eigenvalue weighted by Gasteiger charge is -2.23. The molecule has 0 saturated heterocycles. The Balaban J connectivity index is 2.69. The first-order chi connectivity index (χ1) is 8.39. The normalized spacial score (nSPS) is 13.7. The second-order valence-corrected chi connectivity index (χ2v) is 5.21. The van der Waals surface area contributed by atoms with E-state index < -0.39 is 11.4 Å². The highest BCUT2D eigenvalue weighted by Crippen LogP contribution is 2.20. The van der Waals surface area contributed by atoms with Crippen LogP contribution in [0.5, 0.6) is 0 Å². The van der Waals surface area contributed by atoms with Crippen molar-refractivity contribution in [3.05, 3.63) is 28.5 Å². The minimum Gasteiger partial charge on any atom is -0.481 e. The van der Waals surface area contributed by atoms with Gasteiger partial charge in [-0.05, 0) is 35.3 Å². The van der Waals surface area contributed by atoms with Crippen LogP contribution in [0.1, 0.15) is 30.6 Å². The second-order valence-electron chi connectivity index (χ2n) is 4.29. The number of carboxylic acid groups (broad SMARTS) is 1. The molecule has 0 aliphatic rings. The molecule has 1 aromatic rings. The highest BCUT2D eigenvalue weighted by Gasteiger charge is 2.31. The Morgan fingerprint density at radius 2 is 2.17 bits per heavy atom. The minimum atomic E-state index is -0.949. The Bertz CT molecular complexity index is 464. The van der Waals surface area contributed by atoms with Gasteiger partial charge in [-0.15, -0.1) is 0 Å². The standard InChI is InChI=1S/C12H15BrN2O3/c1-3-12(2,11(17)18)7-15-10(16)8-4-9(13)6-14-5-8/h4-6H,3,7H2,1-2H3,(H,15,16)(H,17,18). The zero-order chi connectivity index (χ0) is 13.8. The third kappa shape index (κ3) is 3.53. The fraction of sp³-hybridized carbons (Fsp3) is 0.417. The van der Waals surface area contributed by atoms with Crippen LogP contribution < -0.4 is 5.32 Å². The van der Waals surface area contributed by atoms with E-state index in [-0.39, 0.29) is 12.5 Å². The third-order valence-electron chi connectivity index (χ3n) is 2.90. The summed E-state index contributed by atoms with van der Waals surface area (Å²) < 4.78 is 0.701. The molecule has 0 aliphatic carbocycles. The van der Waals surface area contributed by atoms with Gasteiger partial charge in [-0.25, -0.2) is 0 Å². The van der Waals surface area contributed by atoms with Crippen LogP contribution in [0.25, 0.3) is 0 Å². The zero-order valence-electron chi connectivity index (χ0n) is 10.2. The average Bonchev–Trinajstić information content (AvgIpc) is 2.35. The van der Waals surface area contributed by atoms with Crippen molar-refractivity contribution < 1.29 is 14.7 Å². The molecular formula is C12H15BrN2O3. The number of aliphatic carboxylic acids is 1. The fourth-order valence-electron chi connectivity index (χ4n) is 1.27. The van der Waals surface area contributed by atoms with Crippen molar-refractivity contribution in [1.82, 2.24) is 10.3 Å². The van der Waals surface area contributed by atoms with E-state index in [2.05, 4.69) is 26.2 Å². The monoisotopic (exact) mass is 314 g/mol. The molecule has 5 nitrogen and oxygen atoms in total. The first-order valence-corrected chi connectivity index (χ1v) is 6.30. The number of aromatic nitrogens is 1. The Morgan fingerprint density at radius 1 is 1.50 bits per heavy atom. The van der Waals surface area contributed by atoms with E-state index in [0.717, 1.165) is 0 Å². The van der Waals surface area contributed by atoms with Gasteiger partial charge in [-0.2, -0.15) is 0 Å². The van der Waals surface area contributed by atoms with E-state index >= 15 is 0 Å². The van der Waals surface area contributed by atoms with Crippen LogP contribution in [0.2, 0.25) is 0 Å². The number of hydrogen-bond donors (Lipinski definition) is 2. The van der Waals surface area contributed by atoms with Crippen molar-refractivity contribution in [3.8, 4) is 0 Å². The molecular weight excluding hydrogens is 300 g/mol. The summed E-state index contributed by atoms with van der Waals surface area (Å²) in [6, 6.07) is 1.63. The molecule has 1 rings (SSSR count). The molecule has 0 spiro atoms. The molecule has 0 aliphatic heterocycles. The fourth-order valence-corrected chi connectivity index (χ4v) is 1.63. The molecule has 0 bridgehead atoms. The second kappa shape index (κ2) is 5.95. The first-order valence-electron chi connectivity index (χ1n) is 5.51. The number of carbonyl (C=O) groups is 2. The Hall–Kier alpha value is -1.43. The topological polar surface area (TPSA) is 79.3 Å². The predicted molar refractivity (Wildman–Crippen MR) is 70.3 cm³/mol. The molecule has 2 N–H and O–H groups in total. The third-order valence-corrected chi connectivity index (χ3v) is 3.34. The zero-order valence-corrected chi connectivity index (χ0v) is 11.8. The van der Waals surface area contributed by atoms with Crippen LogP contribution in [0, 0.1) is 5.41 Å². The summed E-state index contributed by atoms with van der Waals surface area (Å²) in [4.78, 5) is 26.8. The van der Waals surface area contributed by atoms with Crippen molar-refractivity contribution >= 4 is 27.8 Å². The van der Waals surface area contributed by atoms with Crippen LogP contribution in [0.15, 0.2) is 22.9 Å². The van der Waals surface area contributed by atoms with Crippen molar-refractivity contribution in [1.29, 1.82) is 0 Å². The number of nitrogens with one attached hydrogen (secondary N) is 1. The van der Waals surface area contributed by atoms with Crippen LogP contribution >= 0.6 is 15.9 Å². The number of pyridine rings is 1. The summed E-state index contributed by atoms with van der Waals surface area (Å²) in [6.07, 6.45) is 3.45. The highest BCUT2D eigenvalue weighted by molar-refractivity contribution is 9.10. The van der Waals surface area contributed by atoms with Crippen molar-refractivity contribution in [2.24, 2.45) is 5.41 Å². The lowest BCUT2D eigenvalue weighted by atomic mass is 9.87. The highest BCUT2D eigenvalue weighted by atomic mass is 79.9. The lowest BCUT2D eigenvalue weighted by Crippen LogP contribution is -2.40. The van der Waals surface area contributed by atoms with Gasteiger partial charge in [0.1, 0.15) is 0 Å². The van der Waals surface area contributed by atoms with E-state index in [1.807, 2.05) is 0 Å². The maximum Gasteiger partial charge on any atom is 0.311 e. The van der Waals surface area contributed by atoms with Gasteiger partial charge in [-0.3, -0.25) is 14.6 Å². The van der Waals surface area contributed by atoms with Gasteiger partial charge in [0.05, 0.1) is 11.0 Å². The van der Waals surface area contributed by atoms with Gasteiger partial charge in [-0.1, -0.05) is 6.92 Å². The molecule has 1 aromatic heterocycles. The number of amides is 1. The number of hydrogen-bond acceptors (Lipinski definition) is 3. The van der Waals surface area contributed by atoms with Crippen LogP contribution in [0.3, 0.4) is 0 Å². The number of carbonyl (C=O) groups excluding carboxylic acids is 1. The van der Waals surface area contributed by atoms with Crippen molar-refractivity contribution in [2.75, 3.05) is 6.54 Å². The van der Waals surface area contributed by atoms with E-state index in [1.165, 1.54) is 6.20 Å². The van der Waals surface area contributed by atoms with Gasteiger partial charge in [0.15, 0.2) is 0 Å². The minimum absolute atomic E-state index is 0.0875. The maximum atomic E-state index is 11.8. The van der Waals surface area contributed by atoms with E-state index in [9.17, 15) is 9.59 Å². The summed E-state index contributed by atoms with van der Waals surface area (Å²) in [7, 11) is 0. The summed E-state index contributed by atoms with van der Waals surface area (Å²) in [5, 5.41) is 11.7. The Morgan fingerprint density at radius 3 is 2.67 bits per heavy atom. The quantitative estimate of drug-likeness (QED) is 0.872. The Kier molecular flexibility index (Phi) is 4.84. The Labute approximate surface area is 114 Å². The van der Waals surface area contributed by atoms with Gasteiger partial charge in [0.25, 0.3) is 5.91 Å². The van der Waals surface area contributed by atoms with Gasteiger partial charge < -0.3 is 10.4 Å². The summed E-state index contributed by atoms with van der Waals surface area (Å²) in [6.45, 7) is 3.47. The SMILES string of the molecule is CCC(C)(CNC(=O)c1cncc(Br)c1)C(=O)O. The average molecular weight is 315 g/mol. The van der Waals surface area contributed by atoms with Crippen molar-refractivity contribution in [2.45, 2.75) is 20.3 Å². The first kappa shape index (κ1) is 14.6. The predicted octanol–water partition coefficient (Wildman–Crippen LogP) is 2.07. The molecule has 1 unspecified atom stereocenters. The molecule has 0 radical (unpaired) electrons. The molecule has 18 heavy (non-hydrogen) atoms. The van der Waals surface area contributed by atoms with Crippen LogP contribution in [-0.4, -0.2) is 28.5 Å². The molecule has 1 atom stereocenters.